The van der Waals surface area contributed by atoms with Gasteiger partial charge in [0.05, 0.1) is 23.3 Å². The van der Waals surface area contributed by atoms with Gasteiger partial charge in [0.1, 0.15) is 12.0 Å². The first-order chi connectivity index (χ1) is 12.0. The summed E-state index contributed by atoms with van der Waals surface area (Å²) in [4.78, 5) is 13.4. The molecule has 2 aromatic heterocycles. The normalized spacial score (nSPS) is 20.3. The number of alkyl halides is 1. The van der Waals surface area contributed by atoms with E-state index in [1.54, 1.807) is 35.0 Å². The molecule has 7 heteroatoms. The van der Waals surface area contributed by atoms with Crippen LogP contribution >= 0.6 is 0 Å². The Kier molecular flexibility index (Phi) is 3.63. The summed E-state index contributed by atoms with van der Waals surface area (Å²) in [6.45, 7) is 0.206. The third-order valence-corrected chi connectivity index (χ3v) is 4.59. The molecular weight excluding hydrogens is 326 g/mol. The van der Waals surface area contributed by atoms with Gasteiger partial charge in [-0.3, -0.25) is 4.79 Å². The number of hydrogen-bond acceptors (Lipinski definition) is 3. The fraction of sp³-hybridized carbons (Fsp3) is 0.222. The molecule has 0 radical (unpaired) electrons. The molecule has 2 N–H and O–H groups in total. The lowest BCUT2D eigenvalue weighted by Gasteiger charge is -2.27. The maximum absolute atomic E-state index is 14.1. The van der Waals surface area contributed by atoms with Crippen molar-refractivity contribution in [1.82, 2.24) is 9.61 Å². The molecular formula is C18H16F2N4O. The molecule has 0 unspecified atom stereocenters. The van der Waals surface area contributed by atoms with Crippen molar-refractivity contribution in [2.24, 2.45) is 5.73 Å². The Morgan fingerprint density at radius 1 is 1.28 bits per heavy atom. The van der Waals surface area contributed by atoms with Gasteiger partial charge in [-0.25, -0.2) is 13.3 Å². The van der Waals surface area contributed by atoms with E-state index in [-0.39, 0.29) is 24.8 Å². The zero-order valence-corrected chi connectivity index (χ0v) is 13.3. The fourth-order valence-electron chi connectivity index (χ4n) is 3.44. The Morgan fingerprint density at radius 3 is 2.88 bits per heavy atom. The van der Waals surface area contributed by atoms with E-state index in [1.807, 2.05) is 4.90 Å². The van der Waals surface area contributed by atoms with Crippen molar-refractivity contribution in [3.05, 3.63) is 65.7 Å². The molecule has 1 fully saturated rings. The minimum atomic E-state index is -1.01. The van der Waals surface area contributed by atoms with E-state index >= 15 is 0 Å². The van der Waals surface area contributed by atoms with Gasteiger partial charge in [0.15, 0.2) is 0 Å². The summed E-state index contributed by atoms with van der Waals surface area (Å²) in [7, 11) is 0. The Labute approximate surface area is 142 Å². The molecule has 3 aromatic rings. The second kappa shape index (κ2) is 5.84. The standard InChI is InChI=1S/C18H16F2N4O/c19-12-3-1-2-11(6-12)16-7-13(20)10-23(16)14-4-5-24-17(8-14)15(9-22-24)18(21)25/h1-6,8-9,13,16H,7,10H2,(H2,21,25)/t13-,16+/m0/s1. The van der Waals surface area contributed by atoms with Gasteiger partial charge >= 0.3 is 0 Å². The highest BCUT2D eigenvalue weighted by Crippen LogP contribution is 2.38. The average Bonchev–Trinajstić information content (AvgIpc) is 3.17. The van der Waals surface area contributed by atoms with Crippen molar-refractivity contribution in [1.29, 1.82) is 0 Å². The summed E-state index contributed by atoms with van der Waals surface area (Å²) in [6, 6.07) is 9.51. The predicted octanol–water partition coefficient (Wildman–Crippen LogP) is 2.86. The number of pyridine rings is 1. The number of fused-ring (bicyclic) bond motifs is 1. The van der Waals surface area contributed by atoms with Crippen molar-refractivity contribution in [2.75, 3.05) is 11.4 Å². The molecule has 1 aromatic carbocycles. The number of primary amides is 1. The quantitative estimate of drug-likeness (QED) is 0.796. The zero-order chi connectivity index (χ0) is 17.6. The van der Waals surface area contributed by atoms with E-state index < -0.39 is 12.1 Å². The SMILES string of the molecule is NC(=O)c1cnn2ccc(N3C[C@@H](F)C[C@@H]3c3cccc(F)c3)cc12. The summed E-state index contributed by atoms with van der Waals surface area (Å²) in [5, 5.41) is 4.09. The van der Waals surface area contributed by atoms with Crippen LogP contribution in [0.1, 0.15) is 28.4 Å². The lowest BCUT2D eigenvalue weighted by molar-refractivity contribution is 0.100. The number of nitrogens with two attached hydrogens (primary N) is 1. The van der Waals surface area contributed by atoms with Gasteiger partial charge in [0.25, 0.3) is 5.91 Å². The van der Waals surface area contributed by atoms with Crippen LogP contribution < -0.4 is 10.6 Å². The minimum Gasteiger partial charge on any atom is -0.365 e. The van der Waals surface area contributed by atoms with Gasteiger partial charge in [-0.05, 0) is 29.8 Å². The Bertz CT molecular complexity index is 955. The third-order valence-electron chi connectivity index (χ3n) is 4.59. The number of hydrogen-bond donors (Lipinski definition) is 1. The van der Waals surface area contributed by atoms with Crippen LogP contribution in [0.5, 0.6) is 0 Å². The molecule has 1 aliphatic heterocycles. The van der Waals surface area contributed by atoms with Gasteiger partial charge in [-0.2, -0.15) is 5.10 Å². The molecule has 1 aliphatic rings. The van der Waals surface area contributed by atoms with Crippen LogP contribution in [0, 0.1) is 5.82 Å². The van der Waals surface area contributed by atoms with Crippen LogP contribution in [0.15, 0.2) is 48.8 Å². The van der Waals surface area contributed by atoms with E-state index in [9.17, 15) is 13.6 Å². The number of nitrogens with zero attached hydrogens (tertiary/aromatic N) is 3. The molecule has 1 amide bonds. The molecule has 2 atom stereocenters. The summed E-state index contributed by atoms with van der Waals surface area (Å²) >= 11 is 0. The molecule has 0 saturated carbocycles. The fourth-order valence-corrected chi connectivity index (χ4v) is 3.44. The van der Waals surface area contributed by atoms with Crippen LogP contribution in [0.3, 0.4) is 0 Å². The topological polar surface area (TPSA) is 63.6 Å². The molecule has 3 heterocycles. The number of halogens is 2. The Balaban J connectivity index is 1.77. The Morgan fingerprint density at radius 2 is 2.12 bits per heavy atom. The number of rotatable bonds is 3. The second-order valence-electron chi connectivity index (χ2n) is 6.19. The van der Waals surface area contributed by atoms with Gasteiger partial charge in [0.2, 0.25) is 0 Å². The van der Waals surface area contributed by atoms with E-state index in [0.717, 1.165) is 11.3 Å². The highest BCUT2D eigenvalue weighted by atomic mass is 19.1. The van der Waals surface area contributed by atoms with Gasteiger partial charge in [0, 0.05) is 24.8 Å². The number of carbonyl (C=O) groups is 1. The van der Waals surface area contributed by atoms with E-state index in [1.165, 1.54) is 18.3 Å². The number of anilines is 1. The van der Waals surface area contributed by atoms with Crippen molar-refractivity contribution in [3.63, 3.8) is 0 Å². The maximum Gasteiger partial charge on any atom is 0.252 e. The zero-order valence-electron chi connectivity index (χ0n) is 13.3. The molecule has 1 saturated heterocycles. The van der Waals surface area contributed by atoms with Crippen molar-refractivity contribution >= 4 is 17.1 Å². The van der Waals surface area contributed by atoms with Crippen LogP contribution in [-0.4, -0.2) is 28.2 Å². The minimum absolute atomic E-state index is 0.206. The molecule has 5 nitrogen and oxygen atoms in total. The summed E-state index contributed by atoms with van der Waals surface area (Å²) < 4.78 is 29.3. The molecule has 0 bridgehead atoms. The van der Waals surface area contributed by atoms with Crippen molar-refractivity contribution in [2.45, 2.75) is 18.6 Å². The largest absolute Gasteiger partial charge is 0.365 e. The highest BCUT2D eigenvalue weighted by molar-refractivity contribution is 5.99. The number of amides is 1. The lowest BCUT2D eigenvalue weighted by atomic mass is 10.0. The molecule has 128 valence electrons. The molecule has 25 heavy (non-hydrogen) atoms. The first-order valence-corrected chi connectivity index (χ1v) is 7.96. The monoisotopic (exact) mass is 342 g/mol. The number of carbonyl (C=O) groups excluding carboxylic acids is 1. The number of aromatic nitrogens is 2. The number of benzene rings is 1. The van der Waals surface area contributed by atoms with E-state index in [2.05, 4.69) is 5.10 Å². The smallest absolute Gasteiger partial charge is 0.252 e. The average molecular weight is 342 g/mol. The second-order valence-corrected chi connectivity index (χ2v) is 6.19. The highest BCUT2D eigenvalue weighted by Gasteiger charge is 2.33. The first-order valence-electron chi connectivity index (χ1n) is 7.96. The van der Waals surface area contributed by atoms with Crippen LogP contribution in [0.4, 0.5) is 14.5 Å². The molecule has 4 rings (SSSR count). The maximum atomic E-state index is 14.1. The van der Waals surface area contributed by atoms with Crippen molar-refractivity contribution in [3.8, 4) is 0 Å². The van der Waals surface area contributed by atoms with Crippen LogP contribution in [0.25, 0.3) is 5.52 Å². The van der Waals surface area contributed by atoms with E-state index in [0.29, 0.717) is 11.1 Å². The van der Waals surface area contributed by atoms with Crippen LogP contribution in [-0.2, 0) is 0 Å². The summed E-state index contributed by atoms with van der Waals surface area (Å²) in [6.07, 6.45) is 2.39. The third kappa shape index (κ3) is 2.71. The summed E-state index contributed by atoms with van der Waals surface area (Å²) in [5.74, 6) is -0.916. The van der Waals surface area contributed by atoms with Gasteiger partial charge in [-0.1, -0.05) is 12.1 Å². The lowest BCUT2D eigenvalue weighted by Crippen LogP contribution is -2.24. The predicted molar refractivity (Wildman–Crippen MR) is 89.7 cm³/mol. The van der Waals surface area contributed by atoms with E-state index in [4.69, 9.17) is 5.73 Å². The van der Waals surface area contributed by atoms with Gasteiger partial charge in [-0.15, -0.1) is 0 Å². The first kappa shape index (κ1) is 15.6. The summed E-state index contributed by atoms with van der Waals surface area (Å²) in [5.41, 5.74) is 7.71. The molecule has 0 aliphatic carbocycles. The molecule has 0 spiro atoms. The van der Waals surface area contributed by atoms with Crippen LogP contribution in [0.2, 0.25) is 0 Å². The van der Waals surface area contributed by atoms with Gasteiger partial charge < -0.3 is 10.6 Å². The van der Waals surface area contributed by atoms with Crippen molar-refractivity contribution < 1.29 is 13.6 Å². The Hall–Kier alpha value is -2.96.